The van der Waals surface area contributed by atoms with Gasteiger partial charge < -0.3 is 15.1 Å². The third-order valence-electron chi connectivity index (χ3n) is 3.28. The second-order valence-corrected chi connectivity index (χ2v) is 4.68. The van der Waals surface area contributed by atoms with Crippen LogP contribution in [0.2, 0.25) is 0 Å². The van der Waals surface area contributed by atoms with Gasteiger partial charge in [0.1, 0.15) is 5.82 Å². The molecule has 1 aliphatic heterocycles. The van der Waals surface area contributed by atoms with Crippen molar-refractivity contribution in [1.29, 1.82) is 0 Å². The number of benzene rings is 1. The lowest BCUT2D eigenvalue weighted by Gasteiger charge is -2.36. The molecule has 2 rings (SSSR count). The molecule has 0 saturated carbocycles. The predicted molar refractivity (Wildman–Crippen MR) is 73.9 cm³/mol. The summed E-state index contributed by atoms with van der Waals surface area (Å²) in [4.78, 5) is 15.8. The van der Waals surface area contributed by atoms with Gasteiger partial charge in [0.25, 0.3) is 0 Å². The van der Waals surface area contributed by atoms with Gasteiger partial charge in [-0.15, -0.1) is 0 Å². The number of hydrogen-bond donors (Lipinski definition) is 1. The van der Waals surface area contributed by atoms with Crippen LogP contribution in [-0.4, -0.2) is 43.7 Å². The maximum Gasteiger partial charge on any atom is 0.317 e. The summed E-state index contributed by atoms with van der Waals surface area (Å²) in [5, 5.41) is 2.88. The third-order valence-corrected chi connectivity index (χ3v) is 3.28. The van der Waals surface area contributed by atoms with Crippen LogP contribution in [0.25, 0.3) is 0 Å². The van der Waals surface area contributed by atoms with Crippen LogP contribution >= 0.6 is 0 Å². The summed E-state index contributed by atoms with van der Waals surface area (Å²) in [5.74, 6) is -0.221. The zero-order valence-corrected chi connectivity index (χ0v) is 11.2. The maximum absolute atomic E-state index is 12.9. The van der Waals surface area contributed by atoms with Gasteiger partial charge in [-0.05, 0) is 30.7 Å². The number of nitrogens with zero attached hydrogens (tertiary/aromatic N) is 2. The van der Waals surface area contributed by atoms with Crippen molar-refractivity contribution in [2.45, 2.75) is 13.3 Å². The Labute approximate surface area is 113 Å². The first kappa shape index (κ1) is 13.6. The largest absolute Gasteiger partial charge is 0.368 e. The van der Waals surface area contributed by atoms with E-state index in [1.165, 1.54) is 12.1 Å². The molecule has 0 aliphatic carbocycles. The number of nitrogens with one attached hydrogen (secondary N) is 1. The van der Waals surface area contributed by atoms with Crippen molar-refractivity contribution in [2.24, 2.45) is 0 Å². The van der Waals surface area contributed by atoms with Crippen LogP contribution in [0.4, 0.5) is 14.9 Å². The summed E-state index contributed by atoms with van der Waals surface area (Å²) >= 11 is 0. The predicted octanol–water partition coefficient (Wildman–Crippen LogP) is 2.07. The summed E-state index contributed by atoms with van der Waals surface area (Å²) in [6.45, 7) is 5.72. The molecule has 0 atom stereocenters. The van der Waals surface area contributed by atoms with Crippen LogP contribution < -0.4 is 10.2 Å². The summed E-state index contributed by atoms with van der Waals surface area (Å²) in [5.41, 5.74) is 1.01. The third kappa shape index (κ3) is 3.59. The van der Waals surface area contributed by atoms with Crippen molar-refractivity contribution >= 4 is 11.7 Å². The van der Waals surface area contributed by atoms with Crippen molar-refractivity contribution < 1.29 is 9.18 Å². The number of rotatable bonds is 3. The Balaban J connectivity index is 1.85. The van der Waals surface area contributed by atoms with Gasteiger partial charge in [0.15, 0.2) is 0 Å². The van der Waals surface area contributed by atoms with Gasteiger partial charge in [-0.1, -0.05) is 6.92 Å². The molecule has 2 amide bonds. The van der Waals surface area contributed by atoms with Crippen molar-refractivity contribution in [3.05, 3.63) is 30.1 Å². The summed E-state index contributed by atoms with van der Waals surface area (Å²) in [6.07, 6.45) is 0.946. The smallest absolute Gasteiger partial charge is 0.317 e. The van der Waals surface area contributed by atoms with E-state index < -0.39 is 0 Å². The monoisotopic (exact) mass is 265 g/mol. The van der Waals surface area contributed by atoms with E-state index in [2.05, 4.69) is 10.2 Å². The molecule has 1 aromatic carbocycles. The maximum atomic E-state index is 12.9. The molecule has 5 heteroatoms. The molecule has 1 fully saturated rings. The van der Waals surface area contributed by atoms with Crippen molar-refractivity contribution in [3.63, 3.8) is 0 Å². The van der Waals surface area contributed by atoms with Crippen LogP contribution in [-0.2, 0) is 0 Å². The second kappa shape index (κ2) is 6.41. The minimum atomic E-state index is -0.221. The average molecular weight is 265 g/mol. The molecule has 4 nitrogen and oxygen atoms in total. The van der Waals surface area contributed by atoms with Gasteiger partial charge in [0, 0.05) is 38.4 Å². The van der Waals surface area contributed by atoms with Crippen molar-refractivity contribution in [3.8, 4) is 0 Å². The van der Waals surface area contributed by atoms with Crippen molar-refractivity contribution in [1.82, 2.24) is 10.2 Å². The van der Waals surface area contributed by atoms with E-state index in [-0.39, 0.29) is 11.8 Å². The van der Waals surface area contributed by atoms with E-state index in [1.54, 1.807) is 12.1 Å². The molecule has 0 unspecified atom stereocenters. The molecule has 0 radical (unpaired) electrons. The average Bonchev–Trinajstić information content (AvgIpc) is 2.46. The van der Waals surface area contributed by atoms with E-state index in [0.29, 0.717) is 13.1 Å². The number of urea groups is 1. The lowest BCUT2D eigenvalue weighted by molar-refractivity contribution is 0.194. The fourth-order valence-corrected chi connectivity index (χ4v) is 2.16. The van der Waals surface area contributed by atoms with Gasteiger partial charge in [-0.25, -0.2) is 9.18 Å². The fraction of sp³-hybridized carbons (Fsp3) is 0.500. The first-order valence-electron chi connectivity index (χ1n) is 6.74. The fourth-order valence-electron chi connectivity index (χ4n) is 2.16. The molecule has 1 heterocycles. The highest BCUT2D eigenvalue weighted by Gasteiger charge is 2.20. The van der Waals surface area contributed by atoms with E-state index >= 15 is 0 Å². The minimum Gasteiger partial charge on any atom is -0.368 e. The Morgan fingerprint density at radius 3 is 2.42 bits per heavy atom. The molecule has 1 aromatic rings. The van der Waals surface area contributed by atoms with Crippen LogP contribution in [0.3, 0.4) is 0 Å². The van der Waals surface area contributed by atoms with Gasteiger partial charge in [0.2, 0.25) is 0 Å². The Morgan fingerprint density at radius 2 is 1.84 bits per heavy atom. The first-order chi connectivity index (χ1) is 9.20. The van der Waals surface area contributed by atoms with Gasteiger partial charge in [-0.2, -0.15) is 0 Å². The summed E-state index contributed by atoms with van der Waals surface area (Å²) < 4.78 is 12.9. The van der Waals surface area contributed by atoms with Crippen LogP contribution in [0.5, 0.6) is 0 Å². The molecule has 0 bridgehead atoms. The normalized spacial score (nSPS) is 15.5. The van der Waals surface area contributed by atoms with Crippen LogP contribution in [0.1, 0.15) is 13.3 Å². The Kier molecular flexibility index (Phi) is 4.60. The molecule has 1 saturated heterocycles. The van der Waals surface area contributed by atoms with Crippen LogP contribution in [0, 0.1) is 5.82 Å². The number of carbonyl (C=O) groups excluding carboxylic acids is 1. The number of halogens is 1. The Morgan fingerprint density at radius 1 is 1.21 bits per heavy atom. The van der Waals surface area contributed by atoms with E-state index in [9.17, 15) is 9.18 Å². The Hall–Kier alpha value is -1.78. The Bertz CT molecular complexity index is 413. The highest BCUT2D eigenvalue weighted by Crippen LogP contribution is 2.16. The number of piperazine rings is 1. The van der Waals surface area contributed by atoms with E-state index in [4.69, 9.17) is 0 Å². The molecular formula is C14H20FN3O. The zero-order chi connectivity index (χ0) is 13.7. The van der Waals surface area contributed by atoms with Gasteiger partial charge in [-0.3, -0.25) is 0 Å². The number of hydrogen-bond acceptors (Lipinski definition) is 2. The zero-order valence-electron chi connectivity index (χ0n) is 11.2. The number of anilines is 1. The molecule has 1 N–H and O–H groups in total. The molecule has 104 valence electrons. The van der Waals surface area contributed by atoms with Gasteiger partial charge in [0.05, 0.1) is 0 Å². The lowest BCUT2D eigenvalue weighted by atomic mass is 10.2. The molecular weight excluding hydrogens is 245 g/mol. The summed E-state index contributed by atoms with van der Waals surface area (Å²) in [6, 6.07) is 6.51. The molecule has 0 aromatic heterocycles. The SMILES string of the molecule is CCCNC(=O)N1CCN(c2ccc(F)cc2)CC1. The topological polar surface area (TPSA) is 35.6 Å². The number of carbonyl (C=O) groups is 1. The van der Waals surface area contributed by atoms with E-state index in [0.717, 1.165) is 31.7 Å². The molecule has 0 spiro atoms. The van der Waals surface area contributed by atoms with Gasteiger partial charge >= 0.3 is 6.03 Å². The summed E-state index contributed by atoms with van der Waals surface area (Å²) in [7, 11) is 0. The standard InChI is InChI=1S/C14H20FN3O/c1-2-7-16-14(19)18-10-8-17(9-11-18)13-5-3-12(15)4-6-13/h3-6H,2,7-11H2,1H3,(H,16,19). The number of amides is 2. The molecule has 1 aliphatic rings. The lowest BCUT2D eigenvalue weighted by Crippen LogP contribution is -2.52. The highest BCUT2D eigenvalue weighted by atomic mass is 19.1. The second-order valence-electron chi connectivity index (χ2n) is 4.68. The highest BCUT2D eigenvalue weighted by molar-refractivity contribution is 5.74. The quantitative estimate of drug-likeness (QED) is 0.908. The van der Waals surface area contributed by atoms with Crippen LogP contribution in [0.15, 0.2) is 24.3 Å². The van der Waals surface area contributed by atoms with Crippen molar-refractivity contribution in [2.75, 3.05) is 37.6 Å². The minimum absolute atomic E-state index is 0.0145. The van der Waals surface area contributed by atoms with E-state index in [1.807, 2.05) is 11.8 Å². The molecule has 19 heavy (non-hydrogen) atoms. The first-order valence-corrected chi connectivity index (χ1v) is 6.74.